The van der Waals surface area contributed by atoms with Crippen molar-refractivity contribution in [3.63, 3.8) is 0 Å². The van der Waals surface area contributed by atoms with Crippen LogP contribution in [-0.2, 0) is 9.53 Å². The number of thiophene rings is 1. The molecule has 3 heterocycles. The van der Waals surface area contributed by atoms with Crippen LogP contribution in [0.3, 0.4) is 0 Å². The van der Waals surface area contributed by atoms with E-state index >= 15 is 0 Å². The first-order valence-electron chi connectivity index (χ1n) is 7.90. The van der Waals surface area contributed by atoms with E-state index in [1.807, 2.05) is 23.3 Å². The topological polar surface area (TPSA) is 49.9 Å². The van der Waals surface area contributed by atoms with Crippen LogP contribution in [0, 0.1) is 6.92 Å². The summed E-state index contributed by atoms with van der Waals surface area (Å²) in [6.45, 7) is 5.08. The van der Waals surface area contributed by atoms with Crippen molar-refractivity contribution < 1.29 is 14.3 Å². The molecule has 5 nitrogen and oxygen atoms in total. The van der Waals surface area contributed by atoms with E-state index < -0.39 is 0 Å². The third-order valence-electron chi connectivity index (χ3n) is 4.43. The number of amides is 2. The highest BCUT2D eigenvalue weighted by atomic mass is 32.1. The first-order valence-corrected chi connectivity index (χ1v) is 8.78. The average Bonchev–Trinajstić information content (AvgIpc) is 3.00. The maximum atomic E-state index is 12.8. The smallest absolute Gasteiger partial charge is 0.264 e. The zero-order chi connectivity index (χ0) is 15.5. The molecule has 0 bridgehead atoms. The molecule has 0 saturated carbocycles. The molecule has 0 N–H and O–H groups in total. The van der Waals surface area contributed by atoms with E-state index in [4.69, 9.17) is 4.74 Å². The summed E-state index contributed by atoms with van der Waals surface area (Å²) >= 11 is 1.46. The first kappa shape index (κ1) is 15.5. The Morgan fingerprint density at radius 3 is 2.68 bits per heavy atom. The Balaban J connectivity index is 1.77. The van der Waals surface area contributed by atoms with Crippen LogP contribution in [0.1, 0.15) is 34.5 Å². The minimum Gasteiger partial charge on any atom is -0.378 e. The molecule has 0 radical (unpaired) electrons. The molecule has 1 aromatic rings. The van der Waals surface area contributed by atoms with E-state index in [-0.39, 0.29) is 17.9 Å². The highest BCUT2D eigenvalue weighted by molar-refractivity contribution is 7.12. The van der Waals surface area contributed by atoms with Crippen LogP contribution >= 0.6 is 11.3 Å². The van der Waals surface area contributed by atoms with Crippen molar-refractivity contribution >= 4 is 23.2 Å². The molecule has 3 rings (SSSR count). The van der Waals surface area contributed by atoms with Gasteiger partial charge in [0.15, 0.2) is 0 Å². The van der Waals surface area contributed by atoms with Crippen LogP contribution in [0.2, 0.25) is 0 Å². The molecular weight excluding hydrogens is 300 g/mol. The molecule has 2 saturated heterocycles. The summed E-state index contributed by atoms with van der Waals surface area (Å²) in [5, 5.41) is 1.94. The van der Waals surface area contributed by atoms with Gasteiger partial charge in [-0.25, -0.2) is 0 Å². The largest absolute Gasteiger partial charge is 0.378 e. The lowest BCUT2D eigenvalue weighted by Crippen LogP contribution is -2.55. The van der Waals surface area contributed by atoms with Gasteiger partial charge < -0.3 is 14.5 Å². The second kappa shape index (κ2) is 6.79. The van der Waals surface area contributed by atoms with E-state index in [1.165, 1.54) is 11.3 Å². The predicted molar refractivity (Wildman–Crippen MR) is 85.1 cm³/mol. The van der Waals surface area contributed by atoms with Crippen molar-refractivity contribution in [1.29, 1.82) is 0 Å². The third-order valence-corrected chi connectivity index (χ3v) is 5.43. The standard InChI is InChI=1S/C16H22N2O3S/c1-12-5-11-22-14(12)16(20)18-6-3-2-4-13(18)15(19)17-7-9-21-10-8-17/h5,11,13H,2-4,6-10H2,1H3/t13-/m1/s1. The number of aryl methyl sites for hydroxylation is 1. The Hall–Kier alpha value is -1.40. The van der Waals surface area contributed by atoms with Crippen LogP contribution in [0.15, 0.2) is 11.4 Å². The Morgan fingerprint density at radius 1 is 1.23 bits per heavy atom. The number of carbonyl (C=O) groups is 2. The molecule has 22 heavy (non-hydrogen) atoms. The minimum absolute atomic E-state index is 0.0128. The fraction of sp³-hybridized carbons (Fsp3) is 0.625. The van der Waals surface area contributed by atoms with Gasteiger partial charge in [-0.15, -0.1) is 11.3 Å². The van der Waals surface area contributed by atoms with Crippen LogP contribution in [0.5, 0.6) is 0 Å². The summed E-state index contributed by atoms with van der Waals surface area (Å²) in [4.78, 5) is 30.0. The molecule has 6 heteroatoms. The molecule has 2 fully saturated rings. The predicted octanol–water partition coefficient (Wildman–Crippen LogP) is 1.91. The first-order chi connectivity index (χ1) is 10.7. The zero-order valence-corrected chi connectivity index (χ0v) is 13.7. The number of likely N-dealkylation sites (tertiary alicyclic amines) is 1. The average molecular weight is 322 g/mol. The summed E-state index contributed by atoms with van der Waals surface area (Å²) in [6.07, 6.45) is 2.75. The molecular formula is C16H22N2O3S. The van der Waals surface area contributed by atoms with Gasteiger partial charge in [0.2, 0.25) is 5.91 Å². The molecule has 120 valence electrons. The van der Waals surface area contributed by atoms with Crippen molar-refractivity contribution in [3.05, 3.63) is 21.9 Å². The van der Waals surface area contributed by atoms with Crippen molar-refractivity contribution in [2.75, 3.05) is 32.8 Å². The van der Waals surface area contributed by atoms with Gasteiger partial charge in [0.1, 0.15) is 6.04 Å². The van der Waals surface area contributed by atoms with Crippen molar-refractivity contribution in [3.8, 4) is 0 Å². The summed E-state index contributed by atoms with van der Waals surface area (Å²) in [6, 6.07) is 1.65. The van der Waals surface area contributed by atoms with E-state index in [9.17, 15) is 9.59 Å². The van der Waals surface area contributed by atoms with Crippen molar-refractivity contribution in [2.45, 2.75) is 32.2 Å². The molecule has 2 amide bonds. The molecule has 1 atom stereocenters. The van der Waals surface area contributed by atoms with E-state index in [2.05, 4.69) is 0 Å². The Morgan fingerprint density at radius 2 is 2.00 bits per heavy atom. The Labute approximate surface area is 134 Å². The number of piperidine rings is 1. The molecule has 0 unspecified atom stereocenters. The maximum absolute atomic E-state index is 12.8. The van der Waals surface area contributed by atoms with Gasteiger partial charge in [-0.05, 0) is 43.2 Å². The van der Waals surface area contributed by atoms with Crippen LogP contribution in [-0.4, -0.2) is 60.5 Å². The second-order valence-corrected chi connectivity index (χ2v) is 6.80. The lowest BCUT2D eigenvalue weighted by molar-refractivity contribution is -0.141. The van der Waals surface area contributed by atoms with Gasteiger partial charge >= 0.3 is 0 Å². The summed E-state index contributed by atoms with van der Waals surface area (Å²) in [5.41, 5.74) is 0.998. The van der Waals surface area contributed by atoms with E-state index in [0.29, 0.717) is 32.8 Å². The molecule has 0 spiro atoms. The van der Waals surface area contributed by atoms with Crippen LogP contribution < -0.4 is 0 Å². The second-order valence-electron chi connectivity index (χ2n) is 5.88. The number of ether oxygens (including phenoxy) is 1. The van der Waals surface area contributed by atoms with Crippen LogP contribution in [0.25, 0.3) is 0 Å². The highest BCUT2D eigenvalue weighted by Crippen LogP contribution is 2.25. The lowest BCUT2D eigenvalue weighted by Gasteiger charge is -2.38. The van der Waals surface area contributed by atoms with Gasteiger partial charge in [0, 0.05) is 19.6 Å². The Bertz CT molecular complexity index is 551. The fourth-order valence-corrected chi connectivity index (χ4v) is 4.03. The van der Waals surface area contributed by atoms with E-state index in [1.54, 1.807) is 4.90 Å². The summed E-state index contributed by atoms with van der Waals surface area (Å²) in [5.74, 6) is 0.101. The van der Waals surface area contributed by atoms with Gasteiger partial charge in [0.05, 0.1) is 18.1 Å². The molecule has 0 aromatic carbocycles. The third kappa shape index (κ3) is 3.03. The molecule has 0 aliphatic carbocycles. The molecule has 2 aliphatic heterocycles. The van der Waals surface area contributed by atoms with Gasteiger partial charge in [-0.3, -0.25) is 9.59 Å². The van der Waals surface area contributed by atoms with Gasteiger partial charge in [-0.2, -0.15) is 0 Å². The van der Waals surface area contributed by atoms with Gasteiger partial charge in [-0.1, -0.05) is 0 Å². The highest BCUT2D eigenvalue weighted by Gasteiger charge is 2.36. The lowest BCUT2D eigenvalue weighted by atomic mass is 10.00. The normalized spacial score (nSPS) is 22.7. The van der Waals surface area contributed by atoms with Crippen molar-refractivity contribution in [2.24, 2.45) is 0 Å². The fourth-order valence-electron chi connectivity index (χ4n) is 3.15. The van der Waals surface area contributed by atoms with Crippen LogP contribution in [0.4, 0.5) is 0 Å². The SMILES string of the molecule is Cc1ccsc1C(=O)N1CCCC[C@@H]1C(=O)N1CCOCC1. The Kier molecular flexibility index (Phi) is 4.78. The number of morpholine rings is 1. The van der Waals surface area contributed by atoms with E-state index in [0.717, 1.165) is 29.7 Å². The number of rotatable bonds is 2. The number of hydrogen-bond donors (Lipinski definition) is 0. The monoisotopic (exact) mass is 322 g/mol. The maximum Gasteiger partial charge on any atom is 0.264 e. The minimum atomic E-state index is -0.305. The van der Waals surface area contributed by atoms with Crippen molar-refractivity contribution in [1.82, 2.24) is 9.80 Å². The number of carbonyl (C=O) groups excluding carboxylic acids is 2. The zero-order valence-electron chi connectivity index (χ0n) is 12.9. The molecule has 2 aliphatic rings. The quantitative estimate of drug-likeness (QED) is 0.836. The molecule has 1 aromatic heterocycles. The van der Waals surface area contributed by atoms with Gasteiger partial charge in [0.25, 0.3) is 5.91 Å². The number of nitrogens with zero attached hydrogens (tertiary/aromatic N) is 2. The summed E-state index contributed by atoms with van der Waals surface area (Å²) in [7, 11) is 0. The summed E-state index contributed by atoms with van der Waals surface area (Å²) < 4.78 is 5.31. The number of hydrogen-bond acceptors (Lipinski definition) is 4.